The van der Waals surface area contributed by atoms with Gasteiger partial charge in [-0.1, -0.05) is 5.21 Å². The number of aromatic nitrogens is 3. The lowest BCUT2D eigenvalue weighted by Crippen LogP contribution is -2.10. The third-order valence-electron chi connectivity index (χ3n) is 1.89. The molecule has 0 aliphatic rings. The molecule has 5 heteroatoms. The lowest BCUT2D eigenvalue weighted by atomic mass is 10.4. The molecule has 0 aliphatic heterocycles. The van der Waals surface area contributed by atoms with Crippen LogP contribution >= 0.6 is 11.3 Å². The average molecular weight is 208 g/mol. The summed E-state index contributed by atoms with van der Waals surface area (Å²) in [7, 11) is 0. The second kappa shape index (κ2) is 3.89. The standard InChI is InChI=1S/C9H12N4S/c1-7-2-3-9(14-7)8-6-13(5-4-10)12-11-8/h2-3,6H,4-5,10H2,1H3. The maximum Gasteiger partial charge on any atom is 0.122 e. The number of hydrogen-bond donors (Lipinski definition) is 1. The summed E-state index contributed by atoms with van der Waals surface area (Å²) in [6.07, 6.45) is 1.93. The van der Waals surface area contributed by atoms with Gasteiger partial charge in [0.2, 0.25) is 0 Å². The first-order chi connectivity index (χ1) is 6.79. The van der Waals surface area contributed by atoms with E-state index in [9.17, 15) is 0 Å². The first kappa shape index (κ1) is 9.36. The molecule has 0 unspecified atom stereocenters. The minimum absolute atomic E-state index is 0.590. The van der Waals surface area contributed by atoms with Crippen molar-refractivity contribution in [2.24, 2.45) is 5.73 Å². The second-order valence-corrected chi connectivity index (χ2v) is 4.35. The highest BCUT2D eigenvalue weighted by atomic mass is 32.1. The molecular weight excluding hydrogens is 196 g/mol. The molecule has 0 saturated carbocycles. The van der Waals surface area contributed by atoms with E-state index in [1.807, 2.05) is 6.20 Å². The van der Waals surface area contributed by atoms with Crippen LogP contribution in [0.4, 0.5) is 0 Å². The Labute approximate surface area is 86.4 Å². The molecule has 0 aromatic carbocycles. The molecule has 0 aliphatic carbocycles. The maximum absolute atomic E-state index is 5.43. The number of hydrogen-bond acceptors (Lipinski definition) is 4. The first-order valence-electron chi connectivity index (χ1n) is 4.46. The summed E-state index contributed by atoms with van der Waals surface area (Å²) >= 11 is 1.73. The molecular formula is C9H12N4S. The molecule has 2 aromatic heterocycles. The van der Waals surface area contributed by atoms with E-state index in [-0.39, 0.29) is 0 Å². The van der Waals surface area contributed by atoms with Crippen molar-refractivity contribution < 1.29 is 0 Å². The van der Waals surface area contributed by atoms with E-state index in [1.54, 1.807) is 16.0 Å². The Kier molecular flexibility index (Phi) is 2.60. The van der Waals surface area contributed by atoms with Crippen LogP contribution in [0.3, 0.4) is 0 Å². The monoisotopic (exact) mass is 208 g/mol. The second-order valence-electron chi connectivity index (χ2n) is 3.07. The van der Waals surface area contributed by atoms with E-state index in [0.29, 0.717) is 6.54 Å². The number of aryl methyl sites for hydroxylation is 1. The van der Waals surface area contributed by atoms with Crippen LogP contribution in [-0.4, -0.2) is 21.5 Å². The van der Waals surface area contributed by atoms with Gasteiger partial charge >= 0.3 is 0 Å². The van der Waals surface area contributed by atoms with Crippen molar-refractivity contribution in [1.82, 2.24) is 15.0 Å². The fourth-order valence-corrected chi connectivity index (χ4v) is 2.04. The van der Waals surface area contributed by atoms with Crippen LogP contribution in [0, 0.1) is 6.92 Å². The zero-order valence-corrected chi connectivity index (χ0v) is 8.79. The minimum Gasteiger partial charge on any atom is -0.329 e. The van der Waals surface area contributed by atoms with E-state index in [4.69, 9.17) is 5.73 Å². The van der Waals surface area contributed by atoms with E-state index in [0.717, 1.165) is 17.1 Å². The summed E-state index contributed by atoms with van der Waals surface area (Å²) in [4.78, 5) is 2.44. The molecule has 2 N–H and O–H groups in total. The lowest BCUT2D eigenvalue weighted by Gasteiger charge is -1.92. The molecule has 74 valence electrons. The molecule has 0 atom stereocenters. The number of rotatable bonds is 3. The van der Waals surface area contributed by atoms with Crippen molar-refractivity contribution >= 4 is 11.3 Å². The fourth-order valence-electron chi connectivity index (χ4n) is 1.23. The molecule has 0 amide bonds. The quantitative estimate of drug-likeness (QED) is 0.826. The van der Waals surface area contributed by atoms with Gasteiger partial charge in [-0.05, 0) is 19.1 Å². The van der Waals surface area contributed by atoms with Crippen LogP contribution in [0.25, 0.3) is 10.6 Å². The lowest BCUT2D eigenvalue weighted by molar-refractivity contribution is 0.598. The van der Waals surface area contributed by atoms with Gasteiger partial charge in [0.25, 0.3) is 0 Å². The van der Waals surface area contributed by atoms with E-state index in [2.05, 4.69) is 29.4 Å². The van der Waals surface area contributed by atoms with Crippen molar-refractivity contribution in [2.45, 2.75) is 13.5 Å². The number of thiophene rings is 1. The van der Waals surface area contributed by atoms with Crippen LogP contribution in [0.2, 0.25) is 0 Å². The molecule has 0 saturated heterocycles. The van der Waals surface area contributed by atoms with Crippen LogP contribution in [0.5, 0.6) is 0 Å². The Morgan fingerprint density at radius 3 is 3.00 bits per heavy atom. The van der Waals surface area contributed by atoms with Crippen LogP contribution < -0.4 is 5.73 Å². The SMILES string of the molecule is Cc1ccc(-c2cn(CCN)nn2)s1. The van der Waals surface area contributed by atoms with Gasteiger partial charge in [-0.25, -0.2) is 0 Å². The summed E-state index contributed by atoms with van der Waals surface area (Å²) in [5, 5.41) is 8.07. The Morgan fingerprint density at radius 2 is 2.36 bits per heavy atom. The third kappa shape index (κ3) is 1.83. The molecule has 0 bridgehead atoms. The average Bonchev–Trinajstić information content (AvgIpc) is 2.74. The van der Waals surface area contributed by atoms with E-state index in [1.165, 1.54) is 4.88 Å². The minimum atomic E-state index is 0.590. The molecule has 4 nitrogen and oxygen atoms in total. The van der Waals surface area contributed by atoms with E-state index >= 15 is 0 Å². The van der Waals surface area contributed by atoms with Crippen molar-refractivity contribution in [3.05, 3.63) is 23.2 Å². The van der Waals surface area contributed by atoms with E-state index < -0.39 is 0 Å². The highest BCUT2D eigenvalue weighted by molar-refractivity contribution is 7.15. The molecule has 2 heterocycles. The van der Waals surface area contributed by atoms with Gasteiger partial charge in [-0.2, -0.15) is 0 Å². The topological polar surface area (TPSA) is 56.7 Å². The normalized spacial score (nSPS) is 10.7. The van der Waals surface area contributed by atoms with Crippen LogP contribution in [-0.2, 0) is 6.54 Å². The fraction of sp³-hybridized carbons (Fsp3) is 0.333. The molecule has 0 fully saturated rings. The van der Waals surface area contributed by atoms with Crippen LogP contribution in [0.1, 0.15) is 4.88 Å². The number of nitrogens with zero attached hydrogens (tertiary/aromatic N) is 3. The number of nitrogens with two attached hydrogens (primary N) is 1. The summed E-state index contributed by atoms with van der Waals surface area (Å²) in [5.41, 5.74) is 6.35. The molecule has 2 aromatic rings. The largest absolute Gasteiger partial charge is 0.329 e. The molecule has 14 heavy (non-hydrogen) atoms. The Morgan fingerprint density at radius 1 is 1.50 bits per heavy atom. The van der Waals surface area contributed by atoms with Gasteiger partial charge in [0.1, 0.15) is 5.69 Å². The van der Waals surface area contributed by atoms with Gasteiger partial charge < -0.3 is 5.73 Å². The Balaban J connectivity index is 2.24. The highest BCUT2D eigenvalue weighted by Gasteiger charge is 2.04. The van der Waals surface area contributed by atoms with Crippen molar-refractivity contribution in [2.75, 3.05) is 6.54 Å². The van der Waals surface area contributed by atoms with Crippen molar-refractivity contribution in [3.63, 3.8) is 0 Å². The predicted octanol–water partition coefficient (Wildman–Crippen LogP) is 1.27. The first-order valence-corrected chi connectivity index (χ1v) is 5.28. The maximum atomic E-state index is 5.43. The molecule has 0 spiro atoms. The van der Waals surface area contributed by atoms with Gasteiger partial charge in [0.05, 0.1) is 17.6 Å². The van der Waals surface area contributed by atoms with Crippen molar-refractivity contribution in [3.8, 4) is 10.6 Å². The van der Waals surface area contributed by atoms with Gasteiger partial charge in [0, 0.05) is 11.4 Å². The van der Waals surface area contributed by atoms with Gasteiger partial charge in [-0.15, -0.1) is 16.4 Å². The zero-order chi connectivity index (χ0) is 9.97. The van der Waals surface area contributed by atoms with Crippen molar-refractivity contribution in [1.29, 1.82) is 0 Å². The van der Waals surface area contributed by atoms with Crippen LogP contribution in [0.15, 0.2) is 18.3 Å². The summed E-state index contributed by atoms with van der Waals surface area (Å²) in [6.45, 7) is 3.39. The zero-order valence-electron chi connectivity index (χ0n) is 7.97. The Hall–Kier alpha value is -1.20. The highest BCUT2D eigenvalue weighted by Crippen LogP contribution is 2.25. The summed E-state index contributed by atoms with van der Waals surface area (Å²) in [6, 6.07) is 4.15. The third-order valence-corrected chi connectivity index (χ3v) is 2.91. The van der Waals surface area contributed by atoms with Gasteiger partial charge in [-0.3, -0.25) is 4.68 Å². The smallest absolute Gasteiger partial charge is 0.122 e. The Bertz CT molecular complexity index is 418. The molecule has 0 radical (unpaired) electrons. The predicted molar refractivity (Wildman–Crippen MR) is 57.1 cm³/mol. The molecule has 2 rings (SSSR count). The summed E-state index contributed by atoms with van der Waals surface area (Å²) < 4.78 is 1.77. The summed E-state index contributed by atoms with van der Waals surface area (Å²) in [5.74, 6) is 0. The van der Waals surface area contributed by atoms with Gasteiger partial charge in [0.15, 0.2) is 0 Å².